The molecule has 1 aromatic heterocycles. The number of sulfonamides is 1. The number of hydrogen-bond donors (Lipinski definition) is 1. The van der Waals surface area contributed by atoms with Crippen LogP contribution in [0.2, 0.25) is 0 Å². The van der Waals surface area contributed by atoms with Crippen molar-refractivity contribution in [1.82, 2.24) is 14.8 Å². The number of nitrogens with two attached hydrogens (primary N) is 1. The summed E-state index contributed by atoms with van der Waals surface area (Å²) in [6.07, 6.45) is 4.68. The molecule has 1 saturated heterocycles. The summed E-state index contributed by atoms with van der Waals surface area (Å²) in [5.74, 6) is 0.674. The van der Waals surface area contributed by atoms with E-state index < -0.39 is 10.0 Å². The summed E-state index contributed by atoms with van der Waals surface area (Å²) >= 11 is 0. The van der Waals surface area contributed by atoms with Crippen molar-refractivity contribution in [3.05, 3.63) is 5.82 Å². The second-order valence-electron chi connectivity index (χ2n) is 4.88. The summed E-state index contributed by atoms with van der Waals surface area (Å²) in [5.41, 5.74) is 0. The Morgan fingerprint density at radius 2 is 2.11 bits per heavy atom. The standard InChI is InChI=1S/C10H16N4O3S/c11-18(15,16)10-13-12-9(14(10)7-3-4-7)6-8-2-1-5-17-8/h7-8H,1-6H2,(H2,11,15,16). The summed E-state index contributed by atoms with van der Waals surface area (Å²) in [6.45, 7) is 0.768. The van der Waals surface area contributed by atoms with Crippen molar-refractivity contribution in [3.8, 4) is 0 Å². The monoisotopic (exact) mass is 272 g/mol. The van der Waals surface area contributed by atoms with Gasteiger partial charge < -0.3 is 4.74 Å². The van der Waals surface area contributed by atoms with Crippen molar-refractivity contribution in [1.29, 1.82) is 0 Å². The highest BCUT2D eigenvalue weighted by Crippen LogP contribution is 2.37. The predicted molar refractivity (Wildman–Crippen MR) is 62.3 cm³/mol. The van der Waals surface area contributed by atoms with E-state index in [0.29, 0.717) is 12.2 Å². The summed E-state index contributed by atoms with van der Waals surface area (Å²) in [7, 11) is -3.80. The third-order valence-corrected chi connectivity index (χ3v) is 4.12. The molecular formula is C10H16N4O3S. The Labute approximate surface area is 105 Å². The van der Waals surface area contributed by atoms with Gasteiger partial charge in [-0.3, -0.25) is 4.57 Å². The van der Waals surface area contributed by atoms with Crippen molar-refractivity contribution in [3.63, 3.8) is 0 Å². The fourth-order valence-corrected chi connectivity index (χ4v) is 3.03. The first-order valence-electron chi connectivity index (χ1n) is 6.14. The molecule has 1 aromatic rings. The number of nitrogens with zero attached hydrogens (tertiary/aromatic N) is 3. The molecule has 7 nitrogen and oxygen atoms in total. The minimum Gasteiger partial charge on any atom is -0.378 e. The molecule has 0 radical (unpaired) electrons. The van der Waals surface area contributed by atoms with Gasteiger partial charge in [0, 0.05) is 19.1 Å². The van der Waals surface area contributed by atoms with Crippen molar-refractivity contribution < 1.29 is 13.2 Å². The summed E-state index contributed by atoms with van der Waals surface area (Å²) in [4.78, 5) is 0. The molecular weight excluding hydrogens is 256 g/mol. The van der Waals surface area contributed by atoms with Crippen LogP contribution >= 0.6 is 0 Å². The van der Waals surface area contributed by atoms with Gasteiger partial charge in [0.05, 0.1) is 6.10 Å². The Bertz CT molecular complexity index is 543. The van der Waals surface area contributed by atoms with E-state index in [0.717, 1.165) is 32.3 Å². The lowest BCUT2D eigenvalue weighted by atomic mass is 10.2. The van der Waals surface area contributed by atoms with Crippen LogP contribution in [-0.2, 0) is 21.2 Å². The van der Waals surface area contributed by atoms with Crippen LogP contribution in [0.4, 0.5) is 0 Å². The third-order valence-electron chi connectivity index (χ3n) is 3.34. The molecule has 2 fully saturated rings. The van der Waals surface area contributed by atoms with Crippen molar-refractivity contribution in [2.45, 2.75) is 49.4 Å². The maximum atomic E-state index is 11.5. The van der Waals surface area contributed by atoms with Crippen LogP contribution in [0.25, 0.3) is 0 Å². The summed E-state index contributed by atoms with van der Waals surface area (Å²) in [5, 5.41) is 12.8. The van der Waals surface area contributed by atoms with Crippen LogP contribution in [0, 0.1) is 0 Å². The molecule has 1 aliphatic heterocycles. The number of aromatic nitrogens is 3. The summed E-state index contributed by atoms with van der Waals surface area (Å²) < 4.78 is 30.1. The van der Waals surface area contributed by atoms with E-state index >= 15 is 0 Å². The first kappa shape index (κ1) is 12.1. The highest BCUT2D eigenvalue weighted by atomic mass is 32.2. The van der Waals surface area contributed by atoms with Gasteiger partial charge in [-0.15, -0.1) is 10.2 Å². The Morgan fingerprint density at radius 1 is 1.33 bits per heavy atom. The second-order valence-corrected chi connectivity index (χ2v) is 6.34. The molecule has 3 rings (SSSR count). The van der Waals surface area contributed by atoms with Crippen LogP contribution in [0.1, 0.15) is 37.5 Å². The minimum atomic E-state index is -3.80. The van der Waals surface area contributed by atoms with Crippen LogP contribution in [0.15, 0.2) is 5.16 Å². The number of hydrogen-bond acceptors (Lipinski definition) is 5. The first-order valence-corrected chi connectivity index (χ1v) is 7.68. The molecule has 2 aliphatic rings. The quantitative estimate of drug-likeness (QED) is 0.830. The van der Waals surface area contributed by atoms with Crippen LogP contribution in [0.3, 0.4) is 0 Å². The maximum absolute atomic E-state index is 11.5. The molecule has 1 unspecified atom stereocenters. The van der Waals surface area contributed by atoms with Gasteiger partial charge in [0.15, 0.2) is 0 Å². The zero-order valence-corrected chi connectivity index (χ0v) is 10.8. The molecule has 18 heavy (non-hydrogen) atoms. The van der Waals surface area contributed by atoms with E-state index in [4.69, 9.17) is 9.88 Å². The largest absolute Gasteiger partial charge is 0.378 e. The molecule has 1 saturated carbocycles. The van der Waals surface area contributed by atoms with Gasteiger partial charge in [-0.1, -0.05) is 0 Å². The Morgan fingerprint density at radius 3 is 2.67 bits per heavy atom. The number of rotatable bonds is 4. The van der Waals surface area contributed by atoms with Gasteiger partial charge in [0.1, 0.15) is 5.82 Å². The molecule has 2 heterocycles. The zero-order valence-electron chi connectivity index (χ0n) is 9.95. The van der Waals surface area contributed by atoms with Crippen molar-refractivity contribution in [2.24, 2.45) is 5.14 Å². The van der Waals surface area contributed by atoms with Crippen LogP contribution in [0.5, 0.6) is 0 Å². The Kier molecular flexibility index (Phi) is 2.87. The van der Waals surface area contributed by atoms with E-state index in [-0.39, 0.29) is 17.3 Å². The highest BCUT2D eigenvalue weighted by molar-refractivity contribution is 7.89. The van der Waals surface area contributed by atoms with Gasteiger partial charge in [0.2, 0.25) is 0 Å². The van der Waals surface area contributed by atoms with Crippen LogP contribution in [-0.4, -0.2) is 35.9 Å². The average molecular weight is 272 g/mol. The normalized spacial score (nSPS) is 24.6. The lowest BCUT2D eigenvalue weighted by Crippen LogP contribution is -2.20. The van der Waals surface area contributed by atoms with Gasteiger partial charge in [-0.25, -0.2) is 13.6 Å². The lowest BCUT2D eigenvalue weighted by Gasteiger charge is -2.11. The van der Waals surface area contributed by atoms with Gasteiger partial charge >= 0.3 is 0 Å². The van der Waals surface area contributed by atoms with E-state index in [1.807, 2.05) is 0 Å². The van der Waals surface area contributed by atoms with E-state index in [1.165, 1.54) is 0 Å². The van der Waals surface area contributed by atoms with E-state index in [2.05, 4.69) is 10.2 Å². The summed E-state index contributed by atoms with van der Waals surface area (Å²) in [6, 6.07) is 0.185. The van der Waals surface area contributed by atoms with Gasteiger partial charge in [-0.05, 0) is 25.7 Å². The van der Waals surface area contributed by atoms with Crippen molar-refractivity contribution >= 4 is 10.0 Å². The molecule has 1 atom stereocenters. The lowest BCUT2D eigenvalue weighted by molar-refractivity contribution is 0.109. The molecule has 0 spiro atoms. The van der Waals surface area contributed by atoms with Gasteiger partial charge in [-0.2, -0.15) is 0 Å². The zero-order chi connectivity index (χ0) is 12.8. The third kappa shape index (κ3) is 2.27. The highest BCUT2D eigenvalue weighted by Gasteiger charge is 2.34. The SMILES string of the molecule is NS(=O)(=O)c1nnc(CC2CCCO2)n1C1CC1. The smallest absolute Gasteiger partial charge is 0.273 e. The molecule has 100 valence electrons. The maximum Gasteiger partial charge on any atom is 0.273 e. The molecule has 8 heteroatoms. The first-order chi connectivity index (χ1) is 8.55. The molecule has 1 aliphatic carbocycles. The number of primary sulfonamides is 1. The molecule has 0 aromatic carbocycles. The van der Waals surface area contributed by atoms with Crippen LogP contribution < -0.4 is 5.14 Å². The molecule has 0 amide bonds. The van der Waals surface area contributed by atoms with E-state index in [9.17, 15) is 8.42 Å². The average Bonchev–Trinajstić information content (AvgIpc) is 2.84. The Hall–Kier alpha value is -0.990. The molecule has 0 bridgehead atoms. The van der Waals surface area contributed by atoms with Gasteiger partial charge in [0.25, 0.3) is 15.2 Å². The van der Waals surface area contributed by atoms with Crippen molar-refractivity contribution in [2.75, 3.05) is 6.61 Å². The van der Waals surface area contributed by atoms with E-state index in [1.54, 1.807) is 4.57 Å². The Balaban J connectivity index is 1.91. The number of ether oxygens (including phenoxy) is 1. The fourth-order valence-electron chi connectivity index (χ4n) is 2.35. The minimum absolute atomic E-state index is 0.113. The second kappa shape index (κ2) is 4.29. The fraction of sp³-hybridized carbons (Fsp3) is 0.800. The molecule has 2 N–H and O–H groups in total. The predicted octanol–water partition coefficient (Wildman–Crippen LogP) is -0.0181. The topological polar surface area (TPSA) is 100 Å².